The molecule has 0 saturated carbocycles. The molecule has 0 unspecified atom stereocenters. The van der Waals surface area contributed by atoms with Gasteiger partial charge in [0.25, 0.3) is 23.6 Å². The summed E-state index contributed by atoms with van der Waals surface area (Å²) in [7, 11) is 2.03. The van der Waals surface area contributed by atoms with Crippen LogP contribution in [0.2, 0.25) is 0 Å². The van der Waals surface area contributed by atoms with Gasteiger partial charge in [0.2, 0.25) is 11.8 Å². The standard InChI is InChI=1S/C52H59N9O8/c1-3-33-32-61(43-31-44(38-11-6-7-12-39(38)48(33)43)69-52(68)59-27-25-58(2)26-28-59)51(67)42-30-35-29-37(19-20-40(35)56-42)55-49(65)34-15-17-36(18-16-34)54-50(66)41(13-8-9-23-53)57-45(62)14-5-4-10-24-60-46(63)21-22-47(60)64/h6-7,11-12,15-22,29-31,33,41,56H,3-5,8-10,13-14,23-28,32,53H2,1-2H3,(H,54,66)(H,55,65)(H,57,62)/t33-,41+/m1/s1. The molecular formula is C52H59N9O8. The number of anilines is 3. The topological polar surface area (TPSA) is 220 Å². The Morgan fingerprint density at radius 2 is 1.54 bits per heavy atom. The molecule has 360 valence electrons. The molecule has 4 aromatic carbocycles. The molecule has 69 heavy (non-hydrogen) atoms. The second-order valence-corrected chi connectivity index (χ2v) is 17.9. The summed E-state index contributed by atoms with van der Waals surface area (Å²) in [5.74, 6) is -1.45. The monoisotopic (exact) mass is 937 g/mol. The van der Waals surface area contributed by atoms with Crippen LogP contribution in [0.1, 0.15) is 90.6 Å². The van der Waals surface area contributed by atoms with Crippen molar-refractivity contribution in [2.24, 2.45) is 5.73 Å². The van der Waals surface area contributed by atoms with Crippen LogP contribution >= 0.6 is 0 Å². The SMILES string of the molecule is CC[C@@H]1CN(C(=O)c2cc3cc(NC(=O)c4ccc(NC(=O)[C@H](CCCCN)NC(=O)CCCCCN5C(=O)C=CC5=O)cc4)ccc3[nH]2)c2cc(OC(=O)N3CCN(C)CC3)c3ccccc3c21. The lowest BCUT2D eigenvalue weighted by atomic mass is 9.93. The minimum absolute atomic E-state index is 0.0743. The number of ether oxygens (including phenoxy) is 1. The molecule has 2 atom stereocenters. The Labute approximate surface area is 400 Å². The Morgan fingerprint density at radius 1 is 0.812 bits per heavy atom. The molecule has 0 radical (unpaired) electrons. The number of carbonyl (C=O) groups is 7. The minimum Gasteiger partial charge on any atom is -0.409 e. The van der Waals surface area contributed by atoms with E-state index in [0.717, 1.165) is 41.2 Å². The number of fused-ring (bicyclic) bond motifs is 4. The fourth-order valence-electron chi connectivity index (χ4n) is 9.19. The first-order valence-electron chi connectivity index (χ1n) is 23.8. The normalized spacial score (nSPS) is 16.3. The largest absolute Gasteiger partial charge is 0.415 e. The van der Waals surface area contributed by atoms with E-state index in [1.165, 1.54) is 17.1 Å². The number of nitrogens with one attached hydrogen (secondary N) is 4. The molecule has 1 saturated heterocycles. The van der Waals surface area contributed by atoms with Gasteiger partial charge in [0.1, 0.15) is 17.5 Å². The summed E-state index contributed by atoms with van der Waals surface area (Å²) < 4.78 is 6.08. The predicted octanol–water partition coefficient (Wildman–Crippen LogP) is 6.51. The molecule has 0 aliphatic carbocycles. The van der Waals surface area contributed by atoms with Crippen LogP contribution in [0, 0.1) is 0 Å². The number of carbonyl (C=O) groups excluding carboxylic acids is 7. The van der Waals surface area contributed by atoms with Gasteiger partial charge in [0.15, 0.2) is 0 Å². The molecule has 3 aliphatic rings. The van der Waals surface area contributed by atoms with Crippen molar-refractivity contribution in [1.29, 1.82) is 0 Å². The maximum Gasteiger partial charge on any atom is 0.415 e. The van der Waals surface area contributed by atoms with Gasteiger partial charge in [-0.05, 0) is 112 Å². The number of benzene rings is 4. The number of piperazine rings is 1. The third kappa shape index (κ3) is 11.2. The van der Waals surface area contributed by atoms with Crippen LogP contribution in [0.25, 0.3) is 21.7 Å². The lowest BCUT2D eigenvalue weighted by molar-refractivity contribution is -0.137. The van der Waals surface area contributed by atoms with Crippen molar-refractivity contribution in [1.82, 2.24) is 25.0 Å². The number of H-pyrrole nitrogens is 1. The Hall–Kier alpha value is -7.37. The van der Waals surface area contributed by atoms with Gasteiger partial charge in [0, 0.05) is 103 Å². The highest BCUT2D eigenvalue weighted by Gasteiger charge is 2.36. The van der Waals surface area contributed by atoms with Crippen LogP contribution in [-0.2, 0) is 19.2 Å². The van der Waals surface area contributed by atoms with Gasteiger partial charge in [-0.3, -0.25) is 33.7 Å². The molecule has 3 aliphatic heterocycles. The number of aromatic nitrogens is 1. The Morgan fingerprint density at radius 3 is 2.26 bits per heavy atom. The Kier molecular flexibility index (Phi) is 15.1. The van der Waals surface area contributed by atoms with Crippen molar-refractivity contribution in [2.45, 2.75) is 70.3 Å². The second kappa shape index (κ2) is 21.7. The number of unbranched alkanes of at least 4 members (excludes halogenated alkanes) is 3. The fraction of sp³-hybridized carbons (Fsp3) is 0.365. The maximum atomic E-state index is 14.4. The molecule has 6 N–H and O–H groups in total. The molecular weight excluding hydrogens is 879 g/mol. The number of hydrogen-bond donors (Lipinski definition) is 5. The summed E-state index contributed by atoms with van der Waals surface area (Å²) in [6.45, 7) is 5.99. The first kappa shape index (κ1) is 48.1. The number of rotatable bonds is 18. The van der Waals surface area contributed by atoms with E-state index in [0.29, 0.717) is 111 Å². The highest BCUT2D eigenvalue weighted by atomic mass is 16.6. The summed E-state index contributed by atoms with van der Waals surface area (Å²) >= 11 is 0. The number of nitrogens with zero attached hydrogens (tertiary/aromatic N) is 4. The van der Waals surface area contributed by atoms with Gasteiger partial charge < -0.3 is 46.1 Å². The maximum absolute atomic E-state index is 14.4. The van der Waals surface area contributed by atoms with Crippen molar-refractivity contribution in [2.75, 3.05) is 68.4 Å². The molecule has 1 aromatic heterocycles. The molecule has 8 rings (SSSR count). The summed E-state index contributed by atoms with van der Waals surface area (Å²) in [5.41, 5.74) is 9.85. The van der Waals surface area contributed by atoms with Gasteiger partial charge in [-0.1, -0.05) is 37.6 Å². The molecule has 0 spiro atoms. The third-order valence-corrected chi connectivity index (χ3v) is 13.1. The zero-order chi connectivity index (χ0) is 48.6. The Balaban J connectivity index is 0.885. The highest BCUT2D eigenvalue weighted by molar-refractivity contribution is 6.13. The summed E-state index contributed by atoms with van der Waals surface area (Å²) in [6, 6.07) is 22.4. The fourth-order valence-corrected chi connectivity index (χ4v) is 9.19. The summed E-state index contributed by atoms with van der Waals surface area (Å²) in [5, 5.41) is 11.1. The van der Waals surface area contributed by atoms with Crippen molar-refractivity contribution in [3.8, 4) is 5.75 Å². The number of nitrogens with two attached hydrogens (primary N) is 1. The van der Waals surface area contributed by atoms with Crippen LogP contribution in [0.3, 0.4) is 0 Å². The number of likely N-dealkylation sites (N-methyl/N-ethyl adjacent to an activating group) is 1. The van der Waals surface area contributed by atoms with Gasteiger partial charge in [-0.15, -0.1) is 0 Å². The van der Waals surface area contributed by atoms with E-state index in [1.807, 2.05) is 37.4 Å². The van der Waals surface area contributed by atoms with Crippen molar-refractivity contribution in [3.63, 3.8) is 0 Å². The lowest BCUT2D eigenvalue weighted by Gasteiger charge is -2.31. The van der Waals surface area contributed by atoms with E-state index in [2.05, 4.69) is 32.8 Å². The molecule has 17 heteroatoms. The number of amides is 7. The second-order valence-electron chi connectivity index (χ2n) is 17.9. The average Bonchev–Trinajstić information content (AvgIpc) is 4.05. The van der Waals surface area contributed by atoms with E-state index in [4.69, 9.17) is 10.5 Å². The first-order chi connectivity index (χ1) is 33.4. The highest BCUT2D eigenvalue weighted by Crippen LogP contribution is 2.47. The van der Waals surface area contributed by atoms with Crippen LogP contribution in [-0.4, -0.2) is 120 Å². The number of imide groups is 1. The van der Waals surface area contributed by atoms with Crippen molar-refractivity contribution >= 4 is 80.3 Å². The zero-order valence-electron chi connectivity index (χ0n) is 39.1. The van der Waals surface area contributed by atoms with E-state index < -0.39 is 18.0 Å². The number of aromatic amines is 1. The van der Waals surface area contributed by atoms with E-state index in [-0.39, 0.29) is 41.9 Å². The van der Waals surface area contributed by atoms with Gasteiger partial charge in [0.05, 0.1) is 5.69 Å². The first-order valence-corrected chi connectivity index (χ1v) is 23.8. The summed E-state index contributed by atoms with van der Waals surface area (Å²) in [6.07, 6.45) is 6.52. The number of hydrogen-bond acceptors (Lipinski definition) is 10. The van der Waals surface area contributed by atoms with Crippen LogP contribution in [0.5, 0.6) is 5.75 Å². The van der Waals surface area contributed by atoms with Crippen LogP contribution < -0.4 is 31.3 Å². The molecule has 0 bridgehead atoms. The third-order valence-electron chi connectivity index (χ3n) is 13.1. The van der Waals surface area contributed by atoms with Crippen LogP contribution in [0.15, 0.2) is 91.0 Å². The van der Waals surface area contributed by atoms with E-state index >= 15 is 0 Å². The van der Waals surface area contributed by atoms with E-state index in [9.17, 15) is 33.6 Å². The summed E-state index contributed by atoms with van der Waals surface area (Å²) in [4.78, 5) is 101. The van der Waals surface area contributed by atoms with E-state index in [1.54, 1.807) is 58.3 Å². The van der Waals surface area contributed by atoms with Crippen molar-refractivity contribution < 1.29 is 38.3 Å². The predicted molar refractivity (Wildman–Crippen MR) is 264 cm³/mol. The van der Waals surface area contributed by atoms with Gasteiger partial charge in [-0.25, -0.2) is 4.79 Å². The minimum atomic E-state index is -0.798. The van der Waals surface area contributed by atoms with Gasteiger partial charge in [-0.2, -0.15) is 0 Å². The molecule has 4 heterocycles. The molecule has 17 nitrogen and oxygen atoms in total. The van der Waals surface area contributed by atoms with Crippen LogP contribution in [0.4, 0.5) is 21.9 Å². The van der Waals surface area contributed by atoms with Gasteiger partial charge >= 0.3 is 6.09 Å². The smallest absolute Gasteiger partial charge is 0.409 e. The quantitative estimate of drug-likeness (QED) is 0.0474. The zero-order valence-corrected chi connectivity index (χ0v) is 39.1. The molecule has 7 amide bonds. The molecule has 1 fully saturated rings. The lowest BCUT2D eigenvalue weighted by Crippen LogP contribution is -2.48. The van der Waals surface area contributed by atoms with Crippen molar-refractivity contribution in [3.05, 3.63) is 108 Å². The molecule has 5 aromatic rings. The Bertz CT molecular complexity index is 2780. The average molecular weight is 938 g/mol.